The van der Waals surface area contributed by atoms with Crippen molar-refractivity contribution >= 4 is 38.7 Å². The van der Waals surface area contributed by atoms with E-state index in [1.54, 1.807) is 17.7 Å². The zero-order valence-electron chi connectivity index (χ0n) is 11.1. The van der Waals surface area contributed by atoms with Gasteiger partial charge >= 0.3 is 0 Å². The number of anilines is 1. The van der Waals surface area contributed by atoms with Crippen LogP contribution in [0.1, 0.15) is 34.5 Å². The molecule has 0 aliphatic heterocycles. The summed E-state index contributed by atoms with van der Waals surface area (Å²) in [6.45, 7) is 2.09. The van der Waals surface area contributed by atoms with Crippen molar-refractivity contribution in [3.8, 4) is 0 Å². The van der Waals surface area contributed by atoms with Crippen LogP contribution < -0.4 is 5.32 Å². The van der Waals surface area contributed by atoms with Gasteiger partial charge in [0.25, 0.3) is 0 Å². The summed E-state index contributed by atoms with van der Waals surface area (Å²) in [6, 6.07) is 2.42. The van der Waals surface area contributed by atoms with E-state index in [1.807, 2.05) is 11.3 Å². The van der Waals surface area contributed by atoms with Crippen LogP contribution >= 0.6 is 22.7 Å². The highest BCUT2D eigenvalue weighted by Crippen LogP contribution is 2.37. The fraction of sp³-hybridized carbons (Fsp3) is 0.357. The molecule has 1 atom stereocenters. The van der Waals surface area contributed by atoms with Crippen LogP contribution in [-0.2, 0) is 6.42 Å². The van der Waals surface area contributed by atoms with E-state index in [4.69, 9.17) is 0 Å². The number of nitrogens with one attached hydrogen (secondary N) is 1. The number of hydrogen-bond donors (Lipinski definition) is 1. The Morgan fingerprint density at radius 1 is 1.35 bits per heavy atom. The topological polar surface area (TPSA) is 50.7 Å². The zero-order valence-corrected chi connectivity index (χ0v) is 12.7. The van der Waals surface area contributed by atoms with Crippen LogP contribution in [0.5, 0.6) is 0 Å². The number of aromatic nitrogens is 3. The van der Waals surface area contributed by atoms with Gasteiger partial charge in [0.1, 0.15) is 17.0 Å². The lowest BCUT2D eigenvalue weighted by Crippen LogP contribution is -2.16. The molecule has 1 aliphatic carbocycles. The van der Waals surface area contributed by atoms with E-state index in [2.05, 4.69) is 38.6 Å². The van der Waals surface area contributed by atoms with Crippen LogP contribution in [0.3, 0.4) is 0 Å². The summed E-state index contributed by atoms with van der Waals surface area (Å²) in [6.07, 6.45) is 5.08. The molecule has 1 unspecified atom stereocenters. The minimum Gasteiger partial charge on any atom is -0.362 e. The van der Waals surface area contributed by atoms with Crippen molar-refractivity contribution in [2.24, 2.45) is 0 Å². The average Bonchev–Trinajstić information content (AvgIpc) is 3.05. The van der Waals surface area contributed by atoms with Crippen molar-refractivity contribution in [3.63, 3.8) is 0 Å². The maximum absolute atomic E-state index is 4.64. The molecule has 0 bridgehead atoms. The Morgan fingerprint density at radius 3 is 3.25 bits per heavy atom. The highest BCUT2D eigenvalue weighted by atomic mass is 32.1. The highest BCUT2D eigenvalue weighted by Gasteiger charge is 2.24. The van der Waals surface area contributed by atoms with Crippen molar-refractivity contribution in [2.75, 3.05) is 5.32 Å². The van der Waals surface area contributed by atoms with Gasteiger partial charge in [0, 0.05) is 0 Å². The highest BCUT2D eigenvalue weighted by molar-refractivity contribution is 7.16. The molecule has 4 nitrogen and oxygen atoms in total. The van der Waals surface area contributed by atoms with Crippen molar-refractivity contribution in [1.82, 2.24) is 15.0 Å². The van der Waals surface area contributed by atoms with Gasteiger partial charge in [0.2, 0.25) is 0 Å². The number of thiazole rings is 1. The van der Waals surface area contributed by atoms with Crippen LogP contribution in [0.2, 0.25) is 0 Å². The third-order valence-corrected chi connectivity index (χ3v) is 5.58. The Kier molecular flexibility index (Phi) is 2.93. The molecule has 6 heteroatoms. The maximum Gasteiger partial charge on any atom is 0.138 e. The zero-order chi connectivity index (χ0) is 13.5. The van der Waals surface area contributed by atoms with Gasteiger partial charge in [-0.15, -0.1) is 22.7 Å². The first-order valence-electron chi connectivity index (χ1n) is 6.72. The first-order chi connectivity index (χ1) is 9.81. The molecular weight excluding hydrogens is 288 g/mol. The van der Waals surface area contributed by atoms with E-state index in [1.165, 1.54) is 17.0 Å². The van der Waals surface area contributed by atoms with Crippen LogP contribution in [0.25, 0.3) is 10.2 Å². The standard InChI is InChI=1S/C14H14N4S2/c1-8-17-10-3-2-4-11(12(10)20-8)18-13-9-5-6-19-14(9)16-7-15-13/h5-7,11H,2-4H2,1H3,(H,15,16,18). The smallest absolute Gasteiger partial charge is 0.138 e. The lowest BCUT2D eigenvalue weighted by atomic mass is 9.98. The molecule has 3 heterocycles. The summed E-state index contributed by atoms with van der Waals surface area (Å²) in [7, 11) is 0. The Labute approximate surface area is 124 Å². The summed E-state index contributed by atoms with van der Waals surface area (Å²) in [4.78, 5) is 15.8. The van der Waals surface area contributed by atoms with Gasteiger partial charge in [-0.3, -0.25) is 0 Å². The van der Waals surface area contributed by atoms with E-state index in [0.717, 1.165) is 33.9 Å². The molecule has 0 amide bonds. The number of rotatable bonds is 2. The molecule has 3 aromatic rings. The average molecular weight is 302 g/mol. The van der Waals surface area contributed by atoms with Gasteiger partial charge in [0.05, 0.1) is 27.0 Å². The van der Waals surface area contributed by atoms with Gasteiger partial charge in [0.15, 0.2) is 0 Å². The van der Waals surface area contributed by atoms with Crippen molar-refractivity contribution in [1.29, 1.82) is 0 Å². The summed E-state index contributed by atoms with van der Waals surface area (Å²) in [5, 5.41) is 7.94. The number of hydrogen-bond acceptors (Lipinski definition) is 6. The molecule has 0 aromatic carbocycles. The fourth-order valence-electron chi connectivity index (χ4n) is 2.75. The van der Waals surface area contributed by atoms with Gasteiger partial charge < -0.3 is 5.32 Å². The number of fused-ring (bicyclic) bond motifs is 2. The largest absolute Gasteiger partial charge is 0.362 e. The second kappa shape index (κ2) is 4.79. The van der Waals surface area contributed by atoms with Crippen molar-refractivity contribution < 1.29 is 0 Å². The van der Waals surface area contributed by atoms with Gasteiger partial charge in [-0.1, -0.05) is 0 Å². The molecule has 0 spiro atoms. The quantitative estimate of drug-likeness (QED) is 0.779. The van der Waals surface area contributed by atoms with E-state index in [-0.39, 0.29) is 0 Å². The second-order valence-corrected chi connectivity index (χ2v) is 7.12. The van der Waals surface area contributed by atoms with Crippen molar-refractivity contribution in [3.05, 3.63) is 33.4 Å². The maximum atomic E-state index is 4.64. The fourth-order valence-corrected chi connectivity index (χ4v) is 4.54. The third kappa shape index (κ3) is 1.99. The minimum absolute atomic E-state index is 0.336. The van der Waals surface area contributed by atoms with Gasteiger partial charge in [-0.2, -0.15) is 0 Å². The van der Waals surface area contributed by atoms with E-state index >= 15 is 0 Å². The van der Waals surface area contributed by atoms with E-state index in [0.29, 0.717) is 6.04 Å². The predicted octanol–water partition coefficient (Wildman–Crippen LogP) is 3.95. The molecule has 0 fully saturated rings. The lowest BCUT2D eigenvalue weighted by molar-refractivity contribution is 0.600. The summed E-state index contributed by atoms with van der Waals surface area (Å²) < 4.78 is 0. The Balaban J connectivity index is 1.71. The Bertz CT molecular complexity index is 761. The summed E-state index contributed by atoms with van der Waals surface area (Å²) >= 11 is 3.46. The normalized spacial score (nSPS) is 18.1. The molecule has 20 heavy (non-hydrogen) atoms. The number of aryl methyl sites for hydroxylation is 2. The molecular formula is C14H14N4S2. The number of thiophene rings is 1. The molecule has 1 N–H and O–H groups in total. The lowest BCUT2D eigenvalue weighted by Gasteiger charge is -2.23. The molecule has 0 saturated heterocycles. The molecule has 102 valence electrons. The van der Waals surface area contributed by atoms with Crippen LogP contribution in [-0.4, -0.2) is 15.0 Å². The van der Waals surface area contributed by atoms with Gasteiger partial charge in [-0.25, -0.2) is 15.0 Å². The summed E-state index contributed by atoms with van der Waals surface area (Å²) in [5.41, 5.74) is 1.27. The van der Waals surface area contributed by atoms with Crippen LogP contribution in [0.4, 0.5) is 5.82 Å². The molecule has 0 radical (unpaired) electrons. The Morgan fingerprint density at radius 2 is 2.30 bits per heavy atom. The van der Waals surface area contributed by atoms with Crippen LogP contribution in [0, 0.1) is 6.92 Å². The monoisotopic (exact) mass is 302 g/mol. The van der Waals surface area contributed by atoms with Gasteiger partial charge in [-0.05, 0) is 37.6 Å². The van der Waals surface area contributed by atoms with Crippen LogP contribution in [0.15, 0.2) is 17.8 Å². The SMILES string of the molecule is Cc1nc2c(s1)C(Nc1ncnc3sccc13)CCC2. The molecule has 1 aliphatic rings. The molecule has 0 saturated carbocycles. The predicted molar refractivity (Wildman–Crippen MR) is 83.6 cm³/mol. The summed E-state index contributed by atoms with van der Waals surface area (Å²) in [5.74, 6) is 0.945. The third-order valence-electron chi connectivity index (χ3n) is 3.63. The molecule has 4 rings (SSSR count). The Hall–Kier alpha value is -1.53. The first-order valence-corrected chi connectivity index (χ1v) is 8.42. The van der Waals surface area contributed by atoms with E-state index < -0.39 is 0 Å². The molecule has 3 aromatic heterocycles. The first kappa shape index (κ1) is 12.2. The minimum atomic E-state index is 0.336. The second-order valence-electron chi connectivity index (χ2n) is 4.99. The number of nitrogens with zero attached hydrogens (tertiary/aromatic N) is 3. The van der Waals surface area contributed by atoms with Crippen molar-refractivity contribution in [2.45, 2.75) is 32.2 Å². The van der Waals surface area contributed by atoms with E-state index in [9.17, 15) is 0 Å².